The standard InChI is InChI=1S/C27H32BrN3O7/c1-37-12-6-9-30-25(34)17-15-19(29-8-4-3-5-11-32)23-21-16(14-18(28)22(20(17)21)26(30)35)24(33)31(27(23)36)10-7-13-38-2/h14-15,29,32H,3-13H2,1-2H3. The number of carbonyl (C=O) groups is 4. The maximum absolute atomic E-state index is 13.8. The second kappa shape index (κ2) is 12.3. The predicted molar refractivity (Wildman–Crippen MR) is 145 cm³/mol. The zero-order valence-electron chi connectivity index (χ0n) is 21.6. The number of carbonyl (C=O) groups excluding carboxylic acids is 4. The third kappa shape index (κ3) is 5.07. The Morgan fingerprint density at radius 3 is 1.89 bits per heavy atom. The van der Waals surface area contributed by atoms with Gasteiger partial charge in [0.25, 0.3) is 23.6 Å². The number of methoxy groups -OCH3 is 2. The Kier molecular flexibility index (Phi) is 9.14. The molecule has 0 saturated heterocycles. The average molecular weight is 590 g/mol. The van der Waals surface area contributed by atoms with Crippen molar-refractivity contribution in [2.75, 3.05) is 59.0 Å². The quantitative estimate of drug-likeness (QED) is 0.253. The fraction of sp³-hybridized carbons (Fsp3) is 0.481. The molecule has 38 heavy (non-hydrogen) atoms. The lowest BCUT2D eigenvalue weighted by Crippen LogP contribution is -2.44. The van der Waals surface area contributed by atoms with Crippen molar-refractivity contribution in [2.45, 2.75) is 32.1 Å². The van der Waals surface area contributed by atoms with Gasteiger partial charge < -0.3 is 19.9 Å². The molecular weight excluding hydrogens is 558 g/mol. The summed E-state index contributed by atoms with van der Waals surface area (Å²) in [7, 11) is 3.11. The Bertz CT molecular complexity index is 1280. The third-order valence-corrected chi connectivity index (χ3v) is 7.46. The van der Waals surface area contributed by atoms with Crippen LogP contribution >= 0.6 is 15.9 Å². The first-order valence-corrected chi connectivity index (χ1v) is 13.5. The van der Waals surface area contributed by atoms with Crippen LogP contribution in [0.3, 0.4) is 0 Å². The van der Waals surface area contributed by atoms with Crippen molar-refractivity contribution in [2.24, 2.45) is 0 Å². The molecule has 11 heteroatoms. The summed E-state index contributed by atoms with van der Waals surface area (Å²) in [5.74, 6) is -1.90. The smallest absolute Gasteiger partial charge is 0.263 e. The van der Waals surface area contributed by atoms with E-state index in [4.69, 9.17) is 14.6 Å². The summed E-state index contributed by atoms with van der Waals surface area (Å²) in [6, 6.07) is 3.21. The first-order chi connectivity index (χ1) is 18.4. The van der Waals surface area contributed by atoms with Gasteiger partial charge in [-0.15, -0.1) is 0 Å². The lowest BCUT2D eigenvalue weighted by atomic mass is 9.84. The number of unbranched alkanes of at least 4 members (excludes halogenated alkanes) is 2. The minimum atomic E-state index is -0.477. The van der Waals surface area contributed by atoms with Crippen molar-refractivity contribution in [1.29, 1.82) is 0 Å². The fourth-order valence-corrected chi connectivity index (χ4v) is 5.63. The molecule has 0 unspecified atom stereocenters. The number of benzene rings is 2. The summed E-state index contributed by atoms with van der Waals surface area (Å²) in [4.78, 5) is 56.8. The van der Waals surface area contributed by atoms with Crippen molar-refractivity contribution in [3.63, 3.8) is 0 Å². The minimum Gasteiger partial charge on any atom is -0.396 e. The van der Waals surface area contributed by atoms with Gasteiger partial charge in [0.15, 0.2) is 0 Å². The molecule has 2 aliphatic heterocycles. The number of ether oxygens (including phenoxy) is 2. The van der Waals surface area contributed by atoms with Gasteiger partial charge in [0.05, 0.1) is 16.7 Å². The van der Waals surface area contributed by atoms with Gasteiger partial charge >= 0.3 is 0 Å². The first kappa shape index (κ1) is 28.2. The van der Waals surface area contributed by atoms with Gasteiger partial charge in [0.1, 0.15) is 0 Å². The molecule has 0 spiro atoms. The molecular formula is C27H32BrN3O7. The summed E-state index contributed by atoms with van der Waals surface area (Å²) in [6.45, 7) is 1.74. The molecule has 0 aliphatic carbocycles. The summed E-state index contributed by atoms with van der Waals surface area (Å²) < 4.78 is 10.6. The number of hydrogen-bond acceptors (Lipinski definition) is 8. The van der Waals surface area contributed by atoms with E-state index in [1.807, 2.05) is 0 Å². The number of hydrogen-bond donors (Lipinski definition) is 2. The third-order valence-electron chi connectivity index (χ3n) is 6.84. The average Bonchev–Trinajstić information content (AvgIpc) is 2.90. The van der Waals surface area contributed by atoms with Gasteiger partial charge in [0.2, 0.25) is 0 Å². The van der Waals surface area contributed by atoms with Crippen LogP contribution in [-0.4, -0.2) is 92.2 Å². The van der Waals surface area contributed by atoms with Crippen LogP contribution in [-0.2, 0) is 9.47 Å². The number of halogens is 1. The van der Waals surface area contributed by atoms with Gasteiger partial charge in [-0.1, -0.05) is 0 Å². The van der Waals surface area contributed by atoms with Crippen molar-refractivity contribution in [3.8, 4) is 0 Å². The van der Waals surface area contributed by atoms with Crippen LogP contribution in [0.25, 0.3) is 10.8 Å². The van der Waals surface area contributed by atoms with E-state index >= 15 is 0 Å². The molecule has 0 aromatic heterocycles. The maximum Gasteiger partial charge on any atom is 0.263 e. The Morgan fingerprint density at radius 2 is 1.32 bits per heavy atom. The molecule has 4 rings (SSSR count). The van der Waals surface area contributed by atoms with Gasteiger partial charge in [-0.2, -0.15) is 0 Å². The van der Waals surface area contributed by atoms with Crippen LogP contribution in [0.2, 0.25) is 0 Å². The monoisotopic (exact) mass is 589 g/mol. The Morgan fingerprint density at radius 1 is 0.763 bits per heavy atom. The van der Waals surface area contributed by atoms with E-state index in [0.29, 0.717) is 60.0 Å². The lowest BCUT2D eigenvalue weighted by Gasteiger charge is -2.34. The Labute approximate surface area is 229 Å². The first-order valence-electron chi connectivity index (χ1n) is 12.8. The lowest BCUT2D eigenvalue weighted by molar-refractivity contribution is 0.0573. The molecule has 2 aromatic carbocycles. The summed E-state index contributed by atoms with van der Waals surface area (Å²) in [5.41, 5.74) is 1.52. The number of amides is 4. The Hall–Kier alpha value is -2.86. The summed E-state index contributed by atoms with van der Waals surface area (Å²) >= 11 is 3.47. The molecule has 2 heterocycles. The molecule has 4 amide bonds. The van der Waals surface area contributed by atoms with Gasteiger partial charge in [0, 0.05) is 80.2 Å². The van der Waals surface area contributed by atoms with Crippen molar-refractivity contribution in [3.05, 3.63) is 38.9 Å². The number of nitrogens with one attached hydrogen (secondary N) is 1. The second-order valence-corrected chi connectivity index (χ2v) is 10.2. The number of nitrogens with zero attached hydrogens (tertiary/aromatic N) is 2. The zero-order valence-corrected chi connectivity index (χ0v) is 23.2. The van der Waals surface area contributed by atoms with Gasteiger partial charge in [-0.3, -0.25) is 29.0 Å². The van der Waals surface area contributed by atoms with Crippen LogP contribution in [0.4, 0.5) is 5.69 Å². The number of aliphatic hydroxyl groups is 1. The fourth-order valence-electron chi connectivity index (χ4n) is 5.03. The SMILES string of the molecule is COCCCN1C(=O)c2cc(NCCCCCO)c3c4c(cc(Br)c(c24)C1=O)C(=O)N(CCCOC)C3=O. The molecule has 2 aliphatic rings. The van der Waals surface area contributed by atoms with E-state index < -0.39 is 23.6 Å². The molecule has 2 N–H and O–H groups in total. The highest BCUT2D eigenvalue weighted by molar-refractivity contribution is 9.10. The van der Waals surface area contributed by atoms with E-state index in [-0.39, 0.29) is 42.0 Å². The highest BCUT2D eigenvalue weighted by Crippen LogP contribution is 2.44. The van der Waals surface area contributed by atoms with E-state index in [2.05, 4.69) is 21.2 Å². The van der Waals surface area contributed by atoms with E-state index in [9.17, 15) is 19.2 Å². The number of imide groups is 2. The zero-order chi connectivity index (χ0) is 27.4. The highest BCUT2D eigenvalue weighted by Gasteiger charge is 2.42. The molecule has 0 saturated carbocycles. The number of aliphatic hydroxyl groups excluding tert-OH is 1. The number of rotatable bonds is 14. The van der Waals surface area contributed by atoms with Gasteiger partial charge in [-0.05, 0) is 60.2 Å². The maximum atomic E-state index is 13.8. The largest absolute Gasteiger partial charge is 0.396 e. The van der Waals surface area contributed by atoms with Gasteiger partial charge in [-0.25, -0.2) is 0 Å². The molecule has 204 valence electrons. The van der Waals surface area contributed by atoms with Crippen molar-refractivity contribution >= 4 is 56.0 Å². The minimum absolute atomic E-state index is 0.102. The highest BCUT2D eigenvalue weighted by atomic mass is 79.9. The van der Waals surface area contributed by atoms with Crippen LogP contribution < -0.4 is 5.32 Å². The molecule has 0 radical (unpaired) electrons. The molecule has 0 bridgehead atoms. The van der Waals surface area contributed by atoms with Crippen LogP contribution in [0, 0.1) is 0 Å². The predicted octanol–water partition coefficient (Wildman–Crippen LogP) is 3.44. The second-order valence-electron chi connectivity index (χ2n) is 9.31. The molecule has 0 fully saturated rings. The van der Waals surface area contributed by atoms with Crippen molar-refractivity contribution in [1.82, 2.24) is 9.80 Å². The normalized spacial score (nSPS) is 14.7. The topological polar surface area (TPSA) is 125 Å². The van der Waals surface area contributed by atoms with Crippen molar-refractivity contribution < 1.29 is 33.8 Å². The van der Waals surface area contributed by atoms with Crippen LogP contribution in [0.5, 0.6) is 0 Å². The van der Waals surface area contributed by atoms with E-state index in [1.54, 1.807) is 26.4 Å². The Balaban J connectivity index is 1.88. The van der Waals surface area contributed by atoms with Crippen LogP contribution in [0.15, 0.2) is 16.6 Å². The summed E-state index contributed by atoms with van der Waals surface area (Å²) in [6.07, 6.45) is 3.14. The van der Waals surface area contributed by atoms with E-state index in [0.717, 1.165) is 12.8 Å². The van der Waals surface area contributed by atoms with Crippen LogP contribution in [0.1, 0.15) is 73.5 Å². The number of anilines is 1. The molecule has 2 aromatic rings. The molecule has 10 nitrogen and oxygen atoms in total. The molecule has 0 atom stereocenters. The van der Waals surface area contributed by atoms with E-state index in [1.165, 1.54) is 9.80 Å². The summed E-state index contributed by atoms with van der Waals surface area (Å²) in [5, 5.41) is 13.0.